The molecule has 0 N–H and O–H groups in total. The first kappa shape index (κ1) is 30.2. The van der Waals surface area contributed by atoms with Crippen LogP contribution in [-0.2, 0) is 19.0 Å². The van der Waals surface area contributed by atoms with Crippen LogP contribution in [0.2, 0.25) is 0 Å². The molecule has 0 aromatic heterocycles. The van der Waals surface area contributed by atoms with Gasteiger partial charge in [0.05, 0.1) is 6.10 Å². The molecule has 11 atom stereocenters. The molecule has 4 nitrogen and oxygen atoms in total. The summed E-state index contributed by atoms with van der Waals surface area (Å²) < 4.78 is 17.8. The predicted octanol–water partition coefficient (Wildman–Crippen LogP) is 9.12. The smallest absolute Gasteiger partial charge is 0.306 e. The lowest BCUT2D eigenvalue weighted by Gasteiger charge is -2.58. The van der Waals surface area contributed by atoms with Gasteiger partial charge in [-0.2, -0.15) is 0 Å². The highest BCUT2D eigenvalue weighted by molar-refractivity contribution is 5.69. The van der Waals surface area contributed by atoms with E-state index in [4.69, 9.17) is 14.2 Å². The minimum absolute atomic E-state index is 0.0635. The van der Waals surface area contributed by atoms with Gasteiger partial charge in [0.2, 0.25) is 0 Å². The zero-order chi connectivity index (χ0) is 29.2. The Bertz CT molecular complexity index is 1020. The molecule has 2 bridgehead atoms. The van der Waals surface area contributed by atoms with Gasteiger partial charge in [0, 0.05) is 18.4 Å². The van der Waals surface area contributed by atoms with E-state index >= 15 is 0 Å². The van der Waals surface area contributed by atoms with Crippen LogP contribution < -0.4 is 0 Å². The van der Waals surface area contributed by atoms with Crippen molar-refractivity contribution in [2.75, 3.05) is 13.4 Å². The van der Waals surface area contributed by atoms with E-state index in [2.05, 4.69) is 47.6 Å². The molecule has 5 saturated carbocycles. The van der Waals surface area contributed by atoms with E-state index in [-0.39, 0.29) is 17.5 Å². The van der Waals surface area contributed by atoms with E-state index in [1.165, 1.54) is 57.8 Å². The maximum absolute atomic E-state index is 13.1. The van der Waals surface area contributed by atoms with Gasteiger partial charge >= 0.3 is 5.97 Å². The summed E-state index contributed by atoms with van der Waals surface area (Å²) in [6.45, 7) is 18.1. The van der Waals surface area contributed by atoms with E-state index in [9.17, 15) is 4.79 Å². The van der Waals surface area contributed by atoms with Gasteiger partial charge in [-0.3, -0.25) is 4.79 Å². The van der Waals surface area contributed by atoms with Crippen molar-refractivity contribution in [3.05, 3.63) is 11.6 Å². The summed E-state index contributed by atoms with van der Waals surface area (Å²) in [6.07, 6.45) is 18.5. The first-order valence-corrected chi connectivity index (χ1v) is 17.5. The standard InChI is InChI=1S/C37H60O4/c1-8-39-23-40-27-16-18-35(5)26(21-27)10-11-28-30-13-12-29(36(30,6)19-17-31(28)35)24(2)9-14-33(38)41-32-22-25-15-20-37(32,7)34(25,3)4/h10,24-25,27-32H,8-9,11-23H2,1-7H3/t24-,25?,27+,28+,29-,30+,31+,32-,35+,36-,37?/m1/s1. The van der Waals surface area contributed by atoms with E-state index < -0.39 is 0 Å². The number of ether oxygens (including phenoxy) is 3. The van der Waals surface area contributed by atoms with Crippen molar-refractivity contribution >= 4 is 5.97 Å². The zero-order valence-corrected chi connectivity index (χ0v) is 27.4. The van der Waals surface area contributed by atoms with Crippen LogP contribution in [-0.4, -0.2) is 31.6 Å². The molecule has 0 amide bonds. The monoisotopic (exact) mass is 568 g/mol. The molecule has 0 spiro atoms. The van der Waals surface area contributed by atoms with E-state index in [1.54, 1.807) is 5.57 Å². The molecule has 232 valence electrons. The number of hydrogen-bond acceptors (Lipinski definition) is 4. The molecule has 6 rings (SSSR count). The fraction of sp³-hybridized carbons (Fsp3) is 0.919. The van der Waals surface area contributed by atoms with Crippen molar-refractivity contribution < 1.29 is 19.0 Å². The molecule has 5 fully saturated rings. The lowest BCUT2D eigenvalue weighted by molar-refractivity contribution is -0.157. The van der Waals surface area contributed by atoms with Gasteiger partial charge < -0.3 is 14.2 Å². The van der Waals surface area contributed by atoms with E-state index in [0.29, 0.717) is 47.4 Å². The van der Waals surface area contributed by atoms with E-state index in [1.807, 2.05) is 6.92 Å². The molecule has 0 aromatic rings. The third-order valence-corrected chi connectivity index (χ3v) is 15.2. The Balaban J connectivity index is 1.05. The van der Waals surface area contributed by atoms with Crippen LogP contribution in [0.15, 0.2) is 11.6 Å². The summed E-state index contributed by atoms with van der Waals surface area (Å²) in [5, 5.41) is 0. The van der Waals surface area contributed by atoms with Gasteiger partial charge in [-0.05, 0) is 136 Å². The normalized spacial score (nSPS) is 46.8. The molecular weight excluding hydrogens is 508 g/mol. The second-order valence-corrected chi connectivity index (χ2v) is 16.7. The maximum Gasteiger partial charge on any atom is 0.306 e. The van der Waals surface area contributed by atoms with Crippen molar-refractivity contribution in [1.82, 2.24) is 0 Å². The molecule has 0 saturated heterocycles. The lowest BCUT2D eigenvalue weighted by Crippen LogP contribution is -2.51. The van der Waals surface area contributed by atoms with Crippen LogP contribution in [0.25, 0.3) is 0 Å². The van der Waals surface area contributed by atoms with Gasteiger partial charge in [0.25, 0.3) is 0 Å². The predicted molar refractivity (Wildman–Crippen MR) is 164 cm³/mol. The first-order chi connectivity index (χ1) is 19.4. The Morgan fingerprint density at radius 3 is 2.51 bits per heavy atom. The topological polar surface area (TPSA) is 44.8 Å². The number of hydrogen-bond donors (Lipinski definition) is 0. The quantitative estimate of drug-likeness (QED) is 0.120. The minimum atomic E-state index is 0.0635. The molecule has 0 aromatic carbocycles. The van der Waals surface area contributed by atoms with Gasteiger partial charge in [-0.1, -0.05) is 53.2 Å². The second-order valence-electron chi connectivity index (χ2n) is 16.7. The van der Waals surface area contributed by atoms with Crippen molar-refractivity contribution in [2.24, 2.45) is 57.2 Å². The zero-order valence-electron chi connectivity index (χ0n) is 27.4. The van der Waals surface area contributed by atoms with Crippen LogP contribution >= 0.6 is 0 Å². The molecule has 6 aliphatic rings. The molecule has 0 radical (unpaired) electrons. The van der Waals surface area contributed by atoms with Crippen molar-refractivity contribution in [2.45, 2.75) is 144 Å². The Hall–Kier alpha value is -0.870. The number of allylic oxidation sites excluding steroid dienone is 1. The van der Waals surface area contributed by atoms with Crippen LogP contribution in [0.1, 0.15) is 132 Å². The molecule has 2 unspecified atom stereocenters. The lowest BCUT2D eigenvalue weighted by atomic mass is 9.47. The number of rotatable bonds is 9. The van der Waals surface area contributed by atoms with Gasteiger partial charge in [0.1, 0.15) is 12.9 Å². The van der Waals surface area contributed by atoms with Gasteiger partial charge in [0.15, 0.2) is 0 Å². The molecule has 0 aliphatic heterocycles. The molecule has 6 aliphatic carbocycles. The molecular formula is C37H60O4. The van der Waals surface area contributed by atoms with Crippen LogP contribution in [0.5, 0.6) is 0 Å². The number of carbonyl (C=O) groups is 1. The van der Waals surface area contributed by atoms with Crippen LogP contribution in [0.4, 0.5) is 0 Å². The third-order valence-electron chi connectivity index (χ3n) is 15.2. The largest absolute Gasteiger partial charge is 0.462 e. The fourth-order valence-corrected chi connectivity index (χ4v) is 12.0. The summed E-state index contributed by atoms with van der Waals surface area (Å²) >= 11 is 0. The Morgan fingerprint density at radius 1 is 1.00 bits per heavy atom. The SMILES string of the molecule is CCOCO[C@H]1CC[C@@]2(C)C(=CC[C@H]3[C@@H]4CC[C@H]([C@H](C)CCC(=O)O[C@@H]5CC6CCC5(C)C6(C)C)[C@@]4(C)CC[C@@H]32)C1. The van der Waals surface area contributed by atoms with Crippen molar-refractivity contribution in [3.63, 3.8) is 0 Å². The molecule has 0 heterocycles. The minimum Gasteiger partial charge on any atom is -0.462 e. The summed E-state index contributed by atoms with van der Waals surface area (Å²) in [6, 6.07) is 0. The van der Waals surface area contributed by atoms with Gasteiger partial charge in [-0.15, -0.1) is 0 Å². The Labute approximate surface area is 251 Å². The average Bonchev–Trinajstić information content (AvgIpc) is 3.47. The number of carbonyl (C=O) groups excluding carboxylic acids is 1. The summed E-state index contributed by atoms with van der Waals surface area (Å²) in [4.78, 5) is 13.1. The average molecular weight is 569 g/mol. The van der Waals surface area contributed by atoms with Gasteiger partial charge in [-0.25, -0.2) is 0 Å². The van der Waals surface area contributed by atoms with Crippen molar-refractivity contribution in [1.29, 1.82) is 0 Å². The summed E-state index contributed by atoms with van der Waals surface area (Å²) in [5.41, 5.74) is 2.91. The summed E-state index contributed by atoms with van der Waals surface area (Å²) in [7, 11) is 0. The highest BCUT2D eigenvalue weighted by Crippen LogP contribution is 2.68. The molecule has 41 heavy (non-hydrogen) atoms. The fourth-order valence-electron chi connectivity index (χ4n) is 12.0. The Kier molecular flexibility index (Phi) is 8.05. The Morgan fingerprint density at radius 2 is 1.80 bits per heavy atom. The van der Waals surface area contributed by atoms with Crippen molar-refractivity contribution in [3.8, 4) is 0 Å². The number of fused-ring (bicyclic) bond motifs is 7. The highest BCUT2D eigenvalue weighted by Gasteiger charge is 2.63. The number of esters is 1. The summed E-state index contributed by atoms with van der Waals surface area (Å²) in [5.74, 6) is 4.58. The maximum atomic E-state index is 13.1. The van der Waals surface area contributed by atoms with Crippen LogP contribution in [0.3, 0.4) is 0 Å². The molecule has 4 heteroatoms. The van der Waals surface area contributed by atoms with Crippen LogP contribution in [0, 0.1) is 57.2 Å². The highest BCUT2D eigenvalue weighted by atomic mass is 16.7. The third kappa shape index (κ3) is 4.79. The second kappa shape index (κ2) is 10.9. The van der Waals surface area contributed by atoms with E-state index in [0.717, 1.165) is 49.5 Å². The first-order valence-electron chi connectivity index (χ1n) is 17.5.